The van der Waals surface area contributed by atoms with Gasteiger partial charge in [-0.25, -0.2) is 0 Å². The maximum absolute atomic E-state index is 13.0. The zero-order chi connectivity index (χ0) is 19.9. The van der Waals surface area contributed by atoms with Crippen LogP contribution < -0.4 is 5.32 Å². The standard InChI is InChI=1S/C18H17BrF3N3O2/c1-9-7-25-8-13(19)6-15(16(25)23-9)17(27)24-10(2)11-3-12(18(20,21)22)5-14(26)4-11/h3-6,8-10,26H,7H2,1-2H3,(H,24,27)/t9-,10-/m1/s1. The Kier molecular flexibility index (Phi) is 5.07. The molecule has 1 amide bonds. The van der Waals surface area contributed by atoms with Crippen LogP contribution in [0.4, 0.5) is 13.2 Å². The first-order valence-corrected chi connectivity index (χ1v) is 8.99. The first-order valence-electron chi connectivity index (χ1n) is 8.20. The number of amidine groups is 1. The number of phenolic OH excluding ortho intramolecular Hbond substituents is 1. The third-order valence-corrected chi connectivity index (χ3v) is 4.67. The molecule has 0 aromatic heterocycles. The van der Waals surface area contributed by atoms with E-state index in [9.17, 15) is 23.1 Å². The number of fused-ring (bicyclic) bond motifs is 1. The van der Waals surface area contributed by atoms with Gasteiger partial charge < -0.3 is 15.3 Å². The van der Waals surface area contributed by atoms with Crippen molar-refractivity contribution in [2.45, 2.75) is 32.1 Å². The van der Waals surface area contributed by atoms with Crippen molar-refractivity contribution in [1.29, 1.82) is 0 Å². The number of amides is 1. The van der Waals surface area contributed by atoms with Gasteiger partial charge >= 0.3 is 6.18 Å². The lowest BCUT2D eigenvalue weighted by atomic mass is 10.0. The van der Waals surface area contributed by atoms with Crippen molar-refractivity contribution in [2.24, 2.45) is 4.99 Å². The summed E-state index contributed by atoms with van der Waals surface area (Å²) in [6.45, 7) is 4.13. The van der Waals surface area contributed by atoms with Crippen molar-refractivity contribution >= 4 is 27.7 Å². The summed E-state index contributed by atoms with van der Waals surface area (Å²) in [5.41, 5.74) is -0.488. The highest BCUT2D eigenvalue weighted by molar-refractivity contribution is 9.11. The van der Waals surface area contributed by atoms with Crippen LogP contribution >= 0.6 is 15.9 Å². The van der Waals surface area contributed by atoms with Gasteiger partial charge in [0.15, 0.2) is 0 Å². The summed E-state index contributed by atoms with van der Waals surface area (Å²) in [5, 5.41) is 12.3. The topological polar surface area (TPSA) is 64.9 Å². The van der Waals surface area contributed by atoms with Gasteiger partial charge in [0.05, 0.1) is 23.2 Å². The van der Waals surface area contributed by atoms with E-state index in [0.29, 0.717) is 28.5 Å². The Hall–Kier alpha value is -2.29. The largest absolute Gasteiger partial charge is 0.508 e. The molecule has 27 heavy (non-hydrogen) atoms. The molecule has 9 heteroatoms. The van der Waals surface area contributed by atoms with E-state index in [-0.39, 0.29) is 11.6 Å². The number of aliphatic imine (C=N–C) groups is 1. The van der Waals surface area contributed by atoms with E-state index in [0.717, 1.165) is 6.07 Å². The lowest BCUT2D eigenvalue weighted by molar-refractivity contribution is -0.137. The second-order valence-electron chi connectivity index (χ2n) is 6.53. The molecule has 1 aromatic rings. The van der Waals surface area contributed by atoms with Crippen LogP contribution in [0.25, 0.3) is 0 Å². The first kappa shape index (κ1) is 19.5. The molecule has 0 radical (unpaired) electrons. The number of benzene rings is 1. The lowest BCUT2D eigenvalue weighted by Gasteiger charge is -2.23. The van der Waals surface area contributed by atoms with Gasteiger partial charge in [0.25, 0.3) is 5.91 Å². The van der Waals surface area contributed by atoms with E-state index < -0.39 is 29.4 Å². The number of carbonyl (C=O) groups is 1. The molecule has 5 nitrogen and oxygen atoms in total. The molecule has 2 aliphatic heterocycles. The number of nitrogens with zero attached hydrogens (tertiary/aromatic N) is 2. The minimum absolute atomic E-state index is 0.0312. The lowest BCUT2D eigenvalue weighted by Crippen LogP contribution is -2.36. The van der Waals surface area contributed by atoms with Crippen molar-refractivity contribution < 1.29 is 23.1 Å². The Labute approximate surface area is 162 Å². The van der Waals surface area contributed by atoms with Crippen molar-refractivity contribution in [2.75, 3.05) is 6.54 Å². The second kappa shape index (κ2) is 7.03. The van der Waals surface area contributed by atoms with Gasteiger partial charge in [-0.2, -0.15) is 13.2 Å². The summed E-state index contributed by atoms with van der Waals surface area (Å²) < 4.78 is 39.6. The van der Waals surface area contributed by atoms with Crippen molar-refractivity contribution in [3.8, 4) is 5.75 Å². The quantitative estimate of drug-likeness (QED) is 0.745. The molecular weight excluding hydrogens is 427 g/mol. The van der Waals surface area contributed by atoms with Gasteiger partial charge in [0.2, 0.25) is 0 Å². The molecule has 0 unspecified atom stereocenters. The van der Waals surface area contributed by atoms with E-state index >= 15 is 0 Å². The van der Waals surface area contributed by atoms with Crippen LogP contribution in [0, 0.1) is 0 Å². The number of rotatable bonds is 3. The number of hydrogen-bond donors (Lipinski definition) is 2. The molecule has 0 bridgehead atoms. The van der Waals surface area contributed by atoms with Crippen LogP contribution in [0.3, 0.4) is 0 Å². The molecule has 2 N–H and O–H groups in total. The third kappa shape index (κ3) is 4.18. The molecule has 2 atom stereocenters. The molecule has 144 valence electrons. The Morgan fingerprint density at radius 1 is 1.41 bits per heavy atom. The fraction of sp³-hybridized carbons (Fsp3) is 0.333. The van der Waals surface area contributed by atoms with E-state index in [2.05, 4.69) is 26.2 Å². The minimum Gasteiger partial charge on any atom is -0.508 e. The molecule has 3 rings (SSSR count). The monoisotopic (exact) mass is 443 g/mol. The zero-order valence-corrected chi connectivity index (χ0v) is 16.1. The predicted molar refractivity (Wildman–Crippen MR) is 98.4 cm³/mol. The van der Waals surface area contributed by atoms with Gasteiger partial charge in [0, 0.05) is 17.2 Å². The van der Waals surface area contributed by atoms with Gasteiger partial charge in [0.1, 0.15) is 11.6 Å². The Balaban J connectivity index is 1.83. The van der Waals surface area contributed by atoms with Crippen molar-refractivity contribution in [3.05, 3.63) is 51.7 Å². The number of allylic oxidation sites excluding steroid dienone is 2. The van der Waals surface area contributed by atoms with Crippen LogP contribution in [0.15, 0.2) is 45.5 Å². The van der Waals surface area contributed by atoms with Crippen LogP contribution in [-0.2, 0) is 11.0 Å². The molecule has 2 heterocycles. The average Bonchev–Trinajstić information content (AvgIpc) is 2.92. The number of phenols is 1. The highest BCUT2D eigenvalue weighted by Gasteiger charge is 2.33. The molecule has 2 aliphatic rings. The Bertz CT molecular complexity index is 877. The summed E-state index contributed by atoms with van der Waals surface area (Å²) >= 11 is 3.36. The molecule has 0 fully saturated rings. The van der Waals surface area contributed by atoms with Gasteiger partial charge in [-0.1, -0.05) is 0 Å². The third-order valence-electron chi connectivity index (χ3n) is 4.24. The van der Waals surface area contributed by atoms with E-state index in [1.807, 2.05) is 18.0 Å². The number of alkyl halides is 3. The summed E-state index contributed by atoms with van der Waals surface area (Å²) in [6, 6.07) is 2.05. The highest BCUT2D eigenvalue weighted by Crippen LogP contribution is 2.34. The van der Waals surface area contributed by atoms with Crippen LogP contribution in [0.5, 0.6) is 5.75 Å². The molecule has 0 saturated carbocycles. The molecule has 1 aromatic carbocycles. The normalized spacial score (nSPS) is 20.4. The van der Waals surface area contributed by atoms with Gasteiger partial charge in [-0.05, 0) is 59.6 Å². The van der Waals surface area contributed by atoms with Gasteiger partial charge in [-0.3, -0.25) is 9.79 Å². The maximum atomic E-state index is 13.0. The van der Waals surface area contributed by atoms with E-state index in [1.54, 1.807) is 13.0 Å². The van der Waals surface area contributed by atoms with Crippen molar-refractivity contribution in [3.63, 3.8) is 0 Å². The number of nitrogens with one attached hydrogen (secondary N) is 1. The van der Waals surface area contributed by atoms with Crippen LogP contribution in [0.1, 0.15) is 31.0 Å². The molecule has 0 spiro atoms. The summed E-state index contributed by atoms with van der Waals surface area (Å²) in [7, 11) is 0. The van der Waals surface area contributed by atoms with Crippen molar-refractivity contribution in [1.82, 2.24) is 10.2 Å². The minimum atomic E-state index is -4.59. The van der Waals surface area contributed by atoms with E-state index in [1.165, 1.54) is 6.07 Å². The fourth-order valence-corrected chi connectivity index (χ4v) is 3.47. The summed E-state index contributed by atoms with van der Waals surface area (Å²) in [6.07, 6.45) is -1.14. The Morgan fingerprint density at radius 3 is 2.78 bits per heavy atom. The number of carbonyl (C=O) groups excluding carboxylic acids is 1. The second-order valence-corrected chi connectivity index (χ2v) is 7.45. The maximum Gasteiger partial charge on any atom is 0.416 e. The molecule has 0 aliphatic carbocycles. The smallest absolute Gasteiger partial charge is 0.416 e. The summed E-state index contributed by atoms with van der Waals surface area (Å²) in [5.74, 6) is -0.437. The Morgan fingerprint density at radius 2 is 2.11 bits per heavy atom. The number of hydrogen-bond acceptors (Lipinski definition) is 4. The average molecular weight is 444 g/mol. The molecule has 0 saturated heterocycles. The first-order chi connectivity index (χ1) is 12.5. The fourth-order valence-electron chi connectivity index (χ4n) is 2.99. The van der Waals surface area contributed by atoms with E-state index in [4.69, 9.17) is 0 Å². The summed E-state index contributed by atoms with van der Waals surface area (Å²) in [4.78, 5) is 19.0. The highest BCUT2D eigenvalue weighted by atomic mass is 79.9. The van der Waals surface area contributed by atoms with Crippen LogP contribution in [0.2, 0.25) is 0 Å². The number of aromatic hydroxyl groups is 1. The predicted octanol–water partition coefficient (Wildman–Crippen LogP) is 3.87. The van der Waals surface area contributed by atoms with Gasteiger partial charge in [-0.15, -0.1) is 0 Å². The number of halogens is 4. The zero-order valence-electron chi connectivity index (χ0n) is 14.5. The molecular formula is C18H17BrF3N3O2. The van der Waals surface area contributed by atoms with Crippen LogP contribution in [-0.4, -0.2) is 34.3 Å². The SMILES string of the molecule is C[C@@H]1CN2C=C(Br)C=C(C(=O)N[C@H](C)c3cc(O)cc(C(F)(F)F)c3)C2=N1.